The molecule has 0 aliphatic heterocycles. The zero-order valence-corrected chi connectivity index (χ0v) is 22.2. The molecule has 3 nitrogen and oxygen atoms in total. The average molecular weight is 457 g/mol. The molecule has 0 spiro atoms. The Morgan fingerprint density at radius 1 is 0.909 bits per heavy atom. The standard InChI is InChI=1S/C30H48O3/c1-18-10-15-30(25(32)33)17-16-28(6)20(24(30)19(18)2)8-9-22-27(5)13-12-23(31)26(3,4)21(27)11-14-29(22,28)7/h8,18-19,21-24,31H,9-17H2,1-7H3,(H,32,33)/t18-,19-,21-,22+,23-,24+,27-,28+,29+,30-/m0/s1. The number of carboxylic acids is 1. The van der Waals surface area contributed by atoms with E-state index in [9.17, 15) is 15.0 Å². The van der Waals surface area contributed by atoms with E-state index in [0.717, 1.165) is 44.9 Å². The number of hydrogen-bond acceptors (Lipinski definition) is 2. The van der Waals surface area contributed by atoms with Gasteiger partial charge in [0.15, 0.2) is 0 Å². The second kappa shape index (κ2) is 7.11. The van der Waals surface area contributed by atoms with Crippen LogP contribution in [0.1, 0.15) is 106 Å². The largest absolute Gasteiger partial charge is 0.481 e. The van der Waals surface area contributed by atoms with E-state index in [1.807, 2.05) is 0 Å². The minimum absolute atomic E-state index is 0.0302. The van der Waals surface area contributed by atoms with E-state index in [0.29, 0.717) is 23.7 Å². The third kappa shape index (κ3) is 2.75. The molecule has 0 saturated heterocycles. The predicted octanol–water partition coefficient (Wildman–Crippen LogP) is 7.09. The van der Waals surface area contributed by atoms with Crippen LogP contribution >= 0.6 is 0 Å². The molecule has 186 valence electrons. The van der Waals surface area contributed by atoms with Crippen molar-refractivity contribution in [2.45, 2.75) is 112 Å². The number of allylic oxidation sites excluding steroid dienone is 2. The van der Waals surface area contributed by atoms with Gasteiger partial charge in [-0.15, -0.1) is 0 Å². The Kier molecular flexibility index (Phi) is 5.15. The number of hydrogen-bond donors (Lipinski definition) is 2. The summed E-state index contributed by atoms with van der Waals surface area (Å²) in [7, 11) is 0. The fourth-order valence-electron chi connectivity index (χ4n) is 10.8. The number of aliphatic hydroxyl groups is 1. The van der Waals surface area contributed by atoms with Gasteiger partial charge < -0.3 is 10.2 Å². The molecule has 0 aromatic carbocycles. The van der Waals surface area contributed by atoms with Gasteiger partial charge in [-0.1, -0.05) is 60.1 Å². The number of rotatable bonds is 1. The molecular weight excluding hydrogens is 408 g/mol. The molecule has 0 radical (unpaired) electrons. The van der Waals surface area contributed by atoms with Crippen LogP contribution in [0.15, 0.2) is 11.6 Å². The van der Waals surface area contributed by atoms with Crippen LogP contribution in [0.2, 0.25) is 0 Å². The molecule has 4 saturated carbocycles. The first-order valence-corrected chi connectivity index (χ1v) is 13.9. The van der Waals surface area contributed by atoms with E-state index in [4.69, 9.17) is 0 Å². The summed E-state index contributed by atoms with van der Waals surface area (Å²) in [4.78, 5) is 12.8. The minimum atomic E-state index is -0.557. The first-order valence-electron chi connectivity index (χ1n) is 13.9. The summed E-state index contributed by atoms with van der Waals surface area (Å²) in [6.45, 7) is 17.0. The zero-order chi connectivity index (χ0) is 24.2. The summed E-state index contributed by atoms with van der Waals surface area (Å²) >= 11 is 0. The number of carboxylic acid groups (broad SMARTS) is 1. The molecule has 10 atom stereocenters. The van der Waals surface area contributed by atoms with Gasteiger partial charge in [-0.25, -0.2) is 0 Å². The highest BCUT2D eigenvalue weighted by Gasteiger charge is 2.69. The van der Waals surface area contributed by atoms with Crippen LogP contribution in [-0.2, 0) is 4.79 Å². The van der Waals surface area contributed by atoms with E-state index in [1.165, 1.54) is 18.4 Å². The molecule has 2 N–H and O–H groups in total. The quantitative estimate of drug-likeness (QED) is 0.414. The third-order valence-corrected chi connectivity index (χ3v) is 13.4. The third-order valence-electron chi connectivity index (χ3n) is 13.4. The van der Waals surface area contributed by atoms with Gasteiger partial charge in [0.2, 0.25) is 0 Å². The van der Waals surface area contributed by atoms with Crippen molar-refractivity contribution < 1.29 is 15.0 Å². The molecule has 4 fully saturated rings. The Labute approximate surface area is 201 Å². The molecule has 5 rings (SSSR count). The molecule has 0 bridgehead atoms. The van der Waals surface area contributed by atoms with Crippen molar-refractivity contribution in [3.8, 4) is 0 Å². The van der Waals surface area contributed by atoms with Gasteiger partial charge in [-0.2, -0.15) is 0 Å². The molecule has 0 aromatic rings. The van der Waals surface area contributed by atoms with Crippen LogP contribution in [0.3, 0.4) is 0 Å². The monoisotopic (exact) mass is 456 g/mol. The highest BCUT2D eigenvalue weighted by atomic mass is 16.4. The summed E-state index contributed by atoms with van der Waals surface area (Å²) in [6.07, 6.45) is 11.6. The molecule has 3 heteroatoms. The maximum atomic E-state index is 12.8. The molecule has 33 heavy (non-hydrogen) atoms. The summed E-state index contributed by atoms with van der Waals surface area (Å²) in [6, 6.07) is 0. The van der Waals surface area contributed by atoms with Crippen LogP contribution in [0, 0.1) is 56.7 Å². The fraction of sp³-hybridized carbons (Fsp3) is 0.900. The van der Waals surface area contributed by atoms with E-state index in [2.05, 4.69) is 54.5 Å². The van der Waals surface area contributed by atoms with Crippen LogP contribution in [-0.4, -0.2) is 22.3 Å². The number of fused-ring (bicyclic) bond motifs is 7. The van der Waals surface area contributed by atoms with Crippen molar-refractivity contribution in [3.05, 3.63) is 11.6 Å². The van der Waals surface area contributed by atoms with E-state index in [1.54, 1.807) is 0 Å². The maximum absolute atomic E-state index is 12.8. The van der Waals surface area contributed by atoms with Gasteiger partial charge >= 0.3 is 5.97 Å². The van der Waals surface area contributed by atoms with E-state index >= 15 is 0 Å². The Bertz CT molecular complexity index is 874. The van der Waals surface area contributed by atoms with Gasteiger partial charge in [0.05, 0.1) is 11.5 Å². The van der Waals surface area contributed by atoms with Crippen LogP contribution in [0.4, 0.5) is 0 Å². The smallest absolute Gasteiger partial charge is 0.310 e. The van der Waals surface area contributed by atoms with Crippen molar-refractivity contribution in [2.24, 2.45) is 56.7 Å². The van der Waals surface area contributed by atoms with Crippen LogP contribution in [0.25, 0.3) is 0 Å². The molecule has 0 heterocycles. The first kappa shape index (κ1) is 23.9. The van der Waals surface area contributed by atoms with Gasteiger partial charge in [0, 0.05) is 0 Å². The van der Waals surface area contributed by atoms with Gasteiger partial charge in [0.25, 0.3) is 0 Å². The minimum Gasteiger partial charge on any atom is -0.481 e. The SMILES string of the molecule is C[C@H]1[C@@H](C)CC[C@]2(C(=O)O)CC[C@]3(C)C(=CC[C@@H]4[C@@]5(C)CC[C@H](O)C(C)(C)[C@@H]5CC[C@]43C)[C@@H]12. The highest BCUT2D eigenvalue weighted by Crippen LogP contribution is 2.75. The average Bonchev–Trinajstić information content (AvgIpc) is 2.74. The van der Waals surface area contributed by atoms with Gasteiger partial charge in [0.1, 0.15) is 0 Å². The maximum Gasteiger partial charge on any atom is 0.310 e. The summed E-state index contributed by atoms with van der Waals surface area (Å²) in [5.74, 6) is 1.82. The summed E-state index contributed by atoms with van der Waals surface area (Å²) in [5.41, 5.74) is 1.46. The van der Waals surface area contributed by atoms with Crippen molar-refractivity contribution in [1.29, 1.82) is 0 Å². The number of carbonyl (C=O) groups is 1. The highest BCUT2D eigenvalue weighted by molar-refractivity contribution is 5.76. The van der Waals surface area contributed by atoms with Crippen molar-refractivity contribution in [3.63, 3.8) is 0 Å². The summed E-state index contributed by atoms with van der Waals surface area (Å²) < 4.78 is 0. The first-order chi connectivity index (χ1) is 15.3. The predicted molar refractivity (Wildman–Crippen MR) is 133 cm³/mol. The van der Waals surface area contributed by atoms with Crippen molar-refractivity contribution >= 4 is 5.97 Å². The summed E-state index contributed by atoms with van der Waals surface area (Å²) in [5, 5.41) is 21.4. The lowest BCUT2D eigenvalue weighted by Gasteiger charge is -2.71. The Morgan fingerprint density at radius 3 is 2.27 bits per heavy atom. The molecule has 0 amide bonds. The van der Waals surface area contributed by atoms with E-state index in [-0.39, 0.29) is 33.7 Å². The van der Waals surface area contributed by atoms with Crippen LogP contribution in [0.5, 0.6) is 0 Å². The van der Waals surface area contributed by atoms with Crippen molar-refractivity contribution in [1.82, 2.24) is 0 Å². The van der Waals surface area contributed by atoms with Crippen LogP contribution < -0.4 is 0 Å². The van der Waals surface area contributed by atoms with Gasteiger partial charge in [-0.05, 0) is 109 Å². The Hall–Kier alpha value is -0.830. The number of aliphatic carboxylic acids is 1. The molecule has 5 aliphatic rings. The van der Waals surface area contributed by atoms with E-state index < -0.39 is 11.4 Å². The second-order valence-corrected chi connectivity index (χ2v) is 14.5. The Balaban J connectivity index is 1.61. The topological polar surface area (TPSA) is 57.5 Å². The lowest BCUT2D eigenvalue weighted by atomic mass is 9.33. The molecule has 0 unspecified atom stereocenters. The lowest BCUT2D eigenvalue weighted by Crippen LogP contribution is -2.65. The molecular formula is C30H48O3. The normalized spacial score (nSPS) is 55.3. The molecule has 5 aliphatic carbocycles. The van der Waals surface area contributed by atoms with Crippen molar-refractivity contribution in [2.75, 3.05) is 0 Å². The Morgan fingerprint density at radius 2 is 1.61 bits per heavy atom. The zero-order valence-electron chi connectivity index (χ0n) is 22.2. The van der Waals surface area contributed by atoms with Gasteiger partial charge in [-0.3, -0.25) is 4.79 Å². The lowest BCUT2D eigenvalue weighted by molar-refractivity contribution is -0.206. The number of aliphatic hydroxyl groups excluding tert-OH is 1. The second-order valence-electron chi connectivity index (χ2n) is 14.5. The fourth-order valence-corrected chi connectivity index (χ4v) is 10.8. The molecule has 0 aromatic heterocycles.